The number of piperazine rings is 1. The first-order valence-electron chi connectivity index (χ1n) is 7.98. The van der Waals surface area contributed by atoms with Crippen molar-refractivity contribution >= 4 is 46.2 Å². The number of H-pyrrole nitrogens is 1. The number of aromatic amines is 1. The van der Waals surface area contributed by atoms with Crippen molar-refractivity contribution in [2.45, 2.75) is 5.25 Å². The molecule has 7 heteroatoms. The Morgan fingerprint density at radius 2 is 2.09 bits per heavy atom. The maximum atomic E-state index is 12.6. The van der Waals surface area contributed by atoms with Crippen molar-refractivity contribution in [1.29, 1.82) is 0 Å². The van der Waals surface area contributed by atoms with Gasteiger partial charge in [0.25, 0.3) is 0 Å². The molecule has 2 saturated heterocycles. The largest absolute Gasteiger partial charge is 0.366 e. The fourth-order valence-corrected chi connectivity index (χ4v) is 5.84. The molecule has 1 N–H and O–H groups in total. The van der Waals surface area contributed by atoms with E-state index in [1.807, 2.05) is 34.5 Å². The highest BCUT2D eigenvalue weighted by molar-refractivity contribution is 8.07. The lowest BCUT2D eigenvalue weighted by Crippen LogP contribution is -2.51. The third kappa shape index (κ3) is 3.04. The van der Waals surface area contributed by atoms with Gasteiger partial charge < -0.3 is 14.8 Å². The molecule has 2 aromatic rings. The lowest BCUT2D eigenvalue weighted by molar-refractivity contribution is -0.130. The second-order valence-corrected chi connectivity index (χ2v) is 8.28. The van der Waals surface area contributed by atoms with Crippen LogP contribution < -0.4 is 4.90 Å². The smallest absolute Gasteiger partial charge is 0.236 e. The number of amides is 1. The molecule has 0 aliphatic carbocycles. The summed E-state index contributed by atoms with van der Waals surface area (Å²) in [5.41, 5.74) is 3.25. The Labute approximate surface area is 144 Å². The molecule has 0 saturated carbocycles. The van der Waals surface area contributed by atoms with Crippen molar-refractivity contribution in [3.63, 3.8) is 0 Å². The molecule has 1 amide bonds. The van der Waals surface area contributed by atoms with Gasteiger partial charge in [0.05, 0.1) is 22.8 Å². The third-order valence-electron chi connectivity index (χ3n) is 4.45. The molecule has 1 aromatic heterocycles. The van der Waals surface area contributed by atoms with Crippen molar-refractivity contribution in [2.75, 3.05) is 48.3 Å². The number of fused-ring (bicyclic) bond motifs is 1. The van der Waals surface area contributed by atoms with Crippen LogP contribution in [0.4, 0.5) is 5.69 Å². The number of benzene rings is 1. The van der Waals surface area contributed by atoms with E-state index in [0.29, 0.717) is 5.91 Å². The standard InChI is InChI=1S/C16H20N4OS2/c21-16(14-10-22-8-9-23-14)20-6-4-19(5-7-20)13-3-1-2-12-15(13)18-11-17-12/h1-3,11,14H,4-10H2,(H,17,18). The van der Waals surface area contributed by atoms with Gasteiger partial charge in [-0.1, -0.05) is 6.07 Å². The zero-order chi connectivity index (χ0) is 15.6. The van der Waals surface area contributed by atoms with Gasteiger partial charge in [0.15, 0.2) is 0 Å². The quantitative estimate of drug-likeness (QED) is 0.900. The van der Waals surface area contributed by atoms with E-state index in [1.165, 1.54) is 11.4 Å². The van der Waals surface area contributed by atoms with Gasteiger partial charge in [0.2, 0.25) is 5.91 Å². The van der Waals surface area contributed by atoms with Gasteiger partial charge in [-0.3, -0.25) is 4.79 Å². The molecule has 1 atom stereocenters. The summed E-state index contributed by atoms with van der Waals surface area (Å²) in [6.45, 7) is 3.37. The van der Waals surface area contributed by atoms with Crippen LogP contribution in [0.15, 0.2) is 24.5 Å². The molecule has 1 unspecified atom stereocenters. The first kappa shape index (κ1) is 15.2. The highest BCUT2D eigenvalue weighted by Gasteiger charge is 2.29. The van der Waals surface area contributed by atoms with Crippen LogP contribution in [0.25, 0.3) is 11.0 Å². The summed E-state index contributed by atoms with van der Waals surface area (Å²) in [7, 11) is 0. The Bertz CT molecular complexity index is 690. The van der Waals surface area contributed by atoms with Gasteiger partial charge in [-0.05, 0) is 12.1 Å². The molecular formula is C16H20N4OS2. The summed E-state index contributed by atoms with van der Waals surface area (Å²) in [5.74, 6) is 3.58. The summed E-state index contributed by atoms with van der Waals surface area (Å²) in [6, 6.07) is 6.22. The molecule has 3 heterocycles. The first-order valence-corrected chi connectivity index (χ1v) is 10.2. The van der Waals surface area contributed by atoms with Gasteiger partial charge in [-0.25, -0.2) is 4.98 Å². The Morgan fingerprint density at radius 1 is 1.22 bits per heavy atom. The second-order valence-electron chi connectivity index (χ2n) is 5.82. The normalized spacial score (nSPS) is 22.5. The predicted molar refractivity (Wildman–Crippen MR) is 98.5 cm³/mol. The maximum Gasteiger partial charge on any atom is 0.236 e. The van der Waals surface area contributed by atoms with E-state index in [1.54, 1.807) is 6.33 Å². The molecule has 2 aliphatic heterocycles. The molecular weight excluding hydrogens is 328 g/mol. The molecule has 0 spiro atoms. The second kappa shape index (κ2) is 6.65. The molecule has 2 fully saturated rings. The number of nitrogens with one attached hydrogen (secondary N) is 1. The van der Waals surface area contributed by atoms with E-state index in [2.05, 4.69) is 27.0 Å². The van der Waals surface area contributed by atoms with Gasteiger partial charge in [0, 0.05) is 43.4 Å². The molecule has 0 bridgehead atoms. The van der Waals surface area contributed by atoms with Gasteiger partial charge >= 0.3 is 0 Å². The third-order valence-corrected chi connectivity index (χ3v) is 7.19. The van der Waals surface area contributed by atoms with E-state index >= 15 is 0 Å². The van der Waals surface area contributed by atoms with Crippen LogP contribution in [0.1, 0.15) is 0 Å². The highest BCUT2D eigenvalue weighted by atomic mass is 32.2. The highest BCUT2D eigenvalue weighted by Crippen LogP contribution is 2.28. The molecule has 1 aromatic carbocycles. The van der Waals surface area contributed by atoms with Crippen molar-refractivity contribution < 1.29 is 4.79 Å². The minimum absolute atomic E-state index is 0.162. The average molecular weight is 348 g/mol. The zero-order valence-electron chi connectivity index (χ0n) is 12.9. The Morgan fingerprint density at radius 3 is 2.87 bits per heavy atom. The van der Waals surface area contributed by atoms with E-state index in [4.69, 9.17) is 0 Å². The van der Waals surface area contributed by atoms with Crippen LogP contribution in [0.3, 0.4) is 0 Å². The first-order chi connectivity index (χ1) is 11.3. The van der Waals surface area contributed by atoms with Crippen LogP contribution in [0.5, 0.6) is 0 Å². The number of carbonyl (C=O) groups excluding carboxylic acids is 1. The number of hydrogen-bond donors (Lipinski definition) is 1. The SMILES string of the molecule is O=C(C1CSCCS1)N1CCN(c2cccc3[nH]cnc23)CC1. The van der Waals surface area contributed by atoms with E-state index in [0.717, 1.165) is 48.7 Å². The average Bonchev–Trinajstić information content (AvgIpc) is 3.11. The number of carbonyl (C=O) groups is 1. The number of thioether (sulfide) groups is 2. The van der Waals surface area contributed by atoms with Crippen LogP contribution >= 0.6 is 23.5 Å². The molecule has 23 heavy (non-hydrogen) atoms. The maximum absolute atomic E-state index is 12.6. The summed E-state index contributed by atoms with van der Waals surface area (Å²) >= 11 is 3.73. The van der Waals surface area contributed by atoms with Gasteiger partial charge in [-0.2, -0.15) is 11.8 Å². The van der Waals surface area contributed by atoms with Gasteiger partial charge in [0.1, 0.15) is 5.52 Å². The number of aromatic nitrogens is 2. The van der Waals surface area contributed by atoms with Crippen molar-refractivity contribution in [1.82, 2.24) is 14.9 Å². The van der Waals surface area contributed by atoms with Crippen molar-refractivity contribution in [2.24, 2.45) is 0 Å². The summed E-state index contributed by atoms with van der Waals surface area (Å²) < 4.78 is 0. The van der Waals surface area contributed by atoms with E-state index in [-0.39, 0.29) is 5.25 Å². The minimum atomic E-state index is 0.162. The Hall–Kier alpha value is -1.34. The zero-order valence-corrected chi connectivity index (χ0v) is 14.5. The van der Waals surface area contributed by atoms with Crippen LogP contribution in [0.2, 0.25) is 0 Å². The predicted octanol–water partition coefficient (Wildman–Crippen LogP) is 2.06. The number of imidazole rings is 1. The Kier molecular flexibility index (Phi) is 4.39. The lowest BCUT2D eigenvalue weighted by atomic mass is 10.2. The van der Waals surface area contributed by atoms with Crippen LogP contribution in [-0.4, -0.2) is 69.5 Å². The number of nitrogens with zero attached hydrogens (tertiary/aromatic N) is 3. The summed E-state index contributed by atoms with van der Waals surface area (Å²) in [6.07, 6.45) is 1.74. The fourth-order valence-electron chi connectivity index (χ4n) is 3.21. The Balaban J connectivity index is 1.42. The number of para-hydroxylation sites is 1. The molecule has 4 rings (SSSR count). The molecule has 0 radical (unpaired) electrons. The summed E-state index contributed by atoms with van der Waals surface area (Å²) in [4.78, 5) is 24.6. The molecule has 5 nitrogen and oxygen atoms in total. The van der Waals surface area contributed by atoms with Gasteiger partial charge in [-0.15, -0.1) is 11.8 Å². The molecule has 122 valence electrons. The monoisotopic (exact) mass is 348 g/mol. The minimum Gasteiger partial charge on any atom is -0.366 e. The topological polar surface area (TPSA) is 52.2 Å². The van der Waals surface area contributed by atoms with Crippen LogP contribution in [-0.2, 0) is 4.79 Å². The lowest BCUT2D eigenvalue weighted by Gasteiger charge is -2.38. The number of anilines is 1. The van der Waals surface area contributed by atoms with Crippen molar-refractivity contribution in [3.8, 4) is 0 Å². The fraction of sp³-hybridized carbons (Fsp3) is 0.500. The summed E-state index contributed by atoms with van der Waals surface area (Å²) in [5, 5.41) is 0.162. The van der Waals surface area contributed by atoms with E-state index < -0.39 is 0 Å². The van der Waals surface area contributed by atoms with Crippen LogP contribution in [0, 0.1) is 0 Å². The number of rotatable bonds is 2. The van der Waals surface area contributed by atoms with E-state index in [9.17, 15) is 4.79 Å². The molecule has 2 aliphatic rings. The van der Waals surface area contributed by atoms with Crippen molar-refractivity contribution in [3.05, 3.63) is 24.5 Å². The number of hydrogen-bond acceptors (Lipinski definition) is 5.